The zero-order valence-electron chi connectivity index (χ0n) is 20.7. The SMILES string of the molecule is C[C@@H](O)[C@H]1C(=O)N2C(C(=O)O)=C(S[C@H]3C[C@@H](C(=O)N(C)C)N(Cc4cccc(C(N)=O)c4)C3)[C@H](C)[C@H]12. The second-order valence-corrected chi connectivity index (χ2v) is 11.3. The van der Waals surface area contributed by atoms with Gasteiger partial charge in [-0.2, -0.15) is 0 Å². The number of hydrogen-bond donors (Lipinski definition) is 3. The van der Waals surface area contributed by atoms with Gasteiger partial charge in [0.1, 0.15) is 5.70 Å². The highest BCUT2D eigenvalue weighted by Gasteiger charge is 2.60. The predicted octanol–water partition coefficient (Wildman–Crippen LogP) is 0.704. The molecule has 10 nitrogen and oxygen atoms in total. The van der Waals surface area contributed by atoms with Crippen LogP contribution in [0.15, 0.2) is 34.9 Å². The lowest BCUT2D eigenvalue weighted by atomic mass is 9.79. The summed E-state index contributed by atoms with van der Waals surface area (Å²) < 4.78 is 0. The first kappa shape index (κ1) is 26.2. The summed E-state index contributed by atoms with van der Waals surface area (Å²) in [5, 5.41) is 19.9. The third-order valence-electron chi connectivity index (χ3n) is 7.29. The Labute approximate surface area is 214 Å². The summed E-state index contributed by atoms with van der Waals surface area (Å²) in [6.07, 6.45) is -0.348. The Morgan fingerprint density at radius 3 is 2.56 bits per heavy atom. The highest BCUT2D eigenvalue weighted by atomic mass is 32.2. The summed E-state index contributed by atoms with van der Waals surface area (Å²) in [6.45, 7) is 4.40. The van der Waals surface area contributed by atoms with E-state index in [4.69, 9.17) is 5.73 Å². The zero-order valence-corrected chi connectivity index (χ0v) is 21.6. The molecular formula is C25H32N4O6S. The van der Waals surface area contributed by atoms with Gasteiger partial charge in [0.05, 0.1) is 24.1 Å². The van der Waals surface area contributed by atoms with Crippen LogP contribution in [0.2, 0.25) is 0 Å². The predicted molar refractivity (Wildman–Crippen MR) is 133 cm³/mol. The van der Waals surface area contributed by atoms with Crippen LogP contribution in [0.25, 0.3) is 0 Å². The number of β-lactam (4-membered cyclic amide) rings is 1. The van der Waals surface area contributed by atoms with Gasteiger partial charge in [-0.25, -0.2) is 4.79 Å². The van der Waals surface area contributed by atoms with Crippen LogP contribution in [0.3, 0.4) is 0 Å². The van der Waals surface area contributed by atoms with E-state index in [9.17, 15) is 29.4 Å². The number of nitrogens with zero attached hydrogens (tertiary/aromatic N) is 3. The number of nitrogens with two attached hydrogens (primary N) is 1. The minimum Gasteiger partial charge on any atom is -0.477 e. The van der Waals surface area contributed by atoms with Crippen molar-refractivity contribution in [3.63, 3.8) is 0 Å². The molecule has 0 aromatic heterocycles. The van der Waals surface area contributed by atoms with Gasteiger partial charge in [0.2, 0.25) is 17.7 Å². The molecule has 4 N–H and O–H groups in total. The molecule has 4 rings (SSSR count). The number of carboxylic acids is 1. The monoisotopic (exact) mass is 516 g/mol. The summed E-state index contributed by atoms with van der Waals surface area (Å²) in [4.78, 5) is 55.0. The topological polar surface area (TPSA) is 144 Å². The lowest BCUT2D eigenvalue weighted by molar-refractivity contribution is -0.163. The molecule has 3 amide bonds. The number of amides is 3. The van der Waals surface area contributed by atoms with Crippen LogP contribution in [0.4, 0.5) is 0 Å². The molecule has 2 fully saturated rings. The van der Waals surface area contributed by atoms with E-state index in [0.717, 1.165) is 5.56 Å². The Bertz CT molecular complexity index is 1140. The normalized spacial score (nSPS) is 28.6. The van der Waals surface area contributed by atoms with Crippen LogP contribution in [-0.4, -0.2) is 92.7 Å². The average Bonchev–Trinajstić information content (AvgIpc) is 3.30. The lowest BCUT2D eigenvalue weighted by Crippen LogP contribution is -2.63. The third-order valence-corrected chi connectivity index (χ3v) is 8.79. The van der Waals surface area contributed by atoms with Crippen molar-refractivity contribution in [3.05, 3.63) is 46.0 Å². The zero-order chi connectivity index (χ0) is 26.5. The van der Waals surface area contributed by atoms with Gasteiger partial charge in [-0.1, -0.05) is 19.1 Å². The average molecular weight is 517 g/mol. The molecule has 194 valence electrons. The van der Waals surface area contributed by atoms with Crippen molar-refractivity contribution in [2.45, 2.75) is 50.3 Å². The molecule has 36 heavy (non-hydrogen) atoms. The summed E-state index contributed by atoms with van der Waals surface area (Å²) in [6, 6.07) is 6.20. The number of aliphatic carboxylic acids is 1. The molecule has 11 heteroatoms. The van der Waals surface area contributed by atoms with Gasteiger partial charge in [0.15, 0.2) is 0 Å². The lowest BCUT2D eigenvalue weighted by Gasteiger charge is -2.46. The van der Waals surface area contributed by atoms with Crippen molar-refractivity contribution in [2.24, 2.45) is 17.6 Å². The van der Waals surface area contributed by atoms with Crippen molar-refractivity contribution in [1.29, 1.82) is 0 Å². The third kappa shape index (κ3) is 4.51. The Hall–Kier alpha value is -2.89. The number of carboxylic acid groups (broad SMARTS) is 1. The molecule has 6 atom stereocenters. The van der Waals surface area contributed by atoms with E-state index in [2.05, 4.69) is 0 Å². The molecule has 3 heterocycles. The first-order valence-electron chi connectivity index (χ1n) is 11.9. The van der Waals surface area contributed by atoms with Crippen molar-refractivity contribution < 1.29 is 29.4 Å². The van der Waals surface area contributed by atoms with Crippen LogP contribution in [0, 0.1) is 11.8 Å². The molecule has 3 aliphatic heterocycles. The maximum absolute atomic E-state index is 13.0. The second-order valence-electron chi connectivity index (χ2n) is 9.99. The van der Waals surface area contributed by atoms with E-state index >= 15 is 0 Å². The fourth-order valence-electron chi connectivity index (χ4n) is 5.59. The van der Waals surface area contributed by atoms with Crippen molar-refractivity contribution >= 4 is 35.5 Å². The van der Waals surface area contributed by atoms with Gasteiger partial charge >= 0.3 is 5.97 Å². The maximum atomic E-state index is 13.0. The Morgan fingerprint density at radius 2 is 1.97 bits per heavy atom. The number of rotatable bonds is 8. The molecule has 0 radical (unpaired) electrons. The molecule has 0 aliphatic carbocycles. The first-order valence-corrected chi connectivity index (χ1v) is 12.8. The molecule has 0 bridgehead atoms. The fourth-order valence-corrected chi connectivity index (χ4v) is 7.15. The van der Waals surface area contributed by atoms with Gasteiger partial charge in [0.25, 0.3) is 0 Å². The number of fused-ring (bicyclic) bond motifs is 1. The Kier molecular flexibility index (Phi) is 7.18. The summed E-state index contributed by atoms with van der Waals surface area (Å²) in [7, 11) is 3.40. The molecule has 1 aromatic carbocycles. The second kappa shape index (κ2) is 9.87. The van der Waals surface area contributed by atoms with E-state index in [-0.39, 0.29) is 34.7 Å². The smallest absolute Gasteiger partial charge is 0.353 e. The Morgan fingerprint density at radius 1 is 1.28 bits per heavy atom. The minimum atomic E-state index is -1.16. The van der Waals surface area contributed by atoms with Gasteiger partial charge in [-0.3, -0.25) is 19.3 Å². The quantitative estimate of drug-likeness (QED) is 0.429. The van der Waals surface area contributed by atoms with E-state index < -0.39 is 29.9 Å². The molecule has 1 aromatic rings. The number of thioether (sulfide) groups is 1. The van der Waals surface area contributed by atoms with Crippen LogP contribution < -0.4 is 5.73 Å². The molecule has 0 spiro atoms. The summed E-state index contributed by atoms with van der Waals surface area (Å²) >= 11 is 1.41. The largest absolute Gasteiger partial charge is 0.477 e. The molecular weight excluding hydrogens is 484 g/mol. The number of carbonyl (C=O) groups is 4. The number of aliphatic hydroxyl groups is 1. The molecule has 0 saturated carbocycles. The van der Waals surface area contributed by atoms with E-state index in [1.807, 2.05) is 17.9 Å². The number of hydrogen-bond acceptors (Lipinski definition) is 7. The number of primary amides is 1. The van der Waals surface area contributed by atoms with Gasteiger partial charge in [-0.05, 0) is 31.0 Å². The number of aliphatic hydroxyl groups excluding tert-OH is 1. The van der Waals surface area contributed by atoms with E-state index in [0.29, 0.717) is 30.0 Å². The van der Waals surface area contributed by atoms with E-state index in [1.54, 1.807) is 44.1 Å². The number of carbonyl (C=O) groups excluding carboxylic acids is 3. The van der Waals surface area contributed by atoms with Gasteiger partial charge in [-0.15, -0.1) is 11.8 Å². The van der Waals surface area contributed by atoms with Crippen LogP contribution >= 0.6 is 11.8 Å². The first-order chi connectivity index (χ1) is 16.9. The van der Waals surface area contributed by atoms with Gasteiger partial charge < -0.3 is 25.7 Å². The van der Waals surface area contributed by atoms with Crippen LogP contribution in [-0.2, 0) is 20.9 Å². The van der Waals surface area contributed by atoms with E-state index in [1.165, 1.54) is 16.7 Å². The van der Waals surface area contributed by atoms with Crippen molar-refractivity contribution in [1.82, 2.24) is 14.7 Å². The minimum absolute atomic E-state index is 0.0116. The number of likely N-dealkylation sites (N-methyl/N-ethyl adjacent to an activating group) is 1. The van der Waals surface area contributed by atoms with Crippen molar-refractivity contribution in [3.8, 4) is 0 Å². The van der Waals surface area contributed by atoms with Crippen LogP contribution in [0.1, 0.15) is 36.2 Å². The van der Waals surface area contributed by atoms with Gasteiger partial charge in [0, 0.05) is 48.8 Å². The molecule has 0 unspecified atom stereocenters. The summed E-state index contributed by atoms with van der Waals surface area (Å²) in [5.74, 6) is -2.95. The van der Waals surface area contributed by atoms with Crippen molar-refractivity contribution in [2.75, 3.05) is 20.6 Å². The molecule has 3 aliphatic rings. The Balaban J connectivity index is 1.58. The number of likely N-dealkylation sites (tertiary alicyclic amines) is 1. The highest BCUT2D eigenvalue weighted by molar-refractivity contribution is 8.03. The fraction of sp³-hybridized carbons (Fsp3) is 0.520. The molecule has 2 saturated heterocycles. The maximum Gasteiger partial charge on any atom is 0.353 e. The standard InChI is InChI=1S/C25H32N4O6S/c1-12-19-18(13(2)30)24(33)29(19)20(25(34)35)21(12)36-16-9-17(23(32)27(3)4)28(11-16)10-14-6-5-7-15(8-14)22(26)31/h5-8,12-13,16-19,30H,9-11H2,1-4H3,(H2,26,31)(H,34,35)/t12-,13-,16+,17+,18-,19-/m1/s1. The highest BCUT2D eigenvalue weighted by Crippen LogP contribution is 2.52. The summed E-state index contributed by atoms with van der Waals surface area (Å²) in [5.41, 5.74) is 6.65. The van der Waals surface area contributed by atoms with Crippen LogP contribution in [0.5, 0.6) is 0 Å². The number of benzene rings is 1.